The van der Waals surface area contributed by atoms with Gasteiger partial charge in [-0.25, -0.2) is 35.1 Å². The fourth-order valence-corrected chi connectivity index (χ4v) is 14.0. The summed E-state index contributed by atoms with van der Waals surface area (Å²) in [6.45, 7) is -4.58. The second kappa shape index (κ2) is 33.6. The lowest BCUT2D eigenvalue weighted by Crippen LogP contribution is -2.59. The van der Waals surface area contributed by atoms with Gasteiger partial charge in [0, 0.05) is 30.2 Å². The Hall–Kier alpha value is -8.94. The maximum absolute atomic E-state index is 14.6. The summed E-state index contributed by atoms with van der Waals surface area (Å²) >= 11 is 0. The number of nitro groups is 4. The highest BCUT2D eigenvalue weighted by Crippen LogP contribution is 2.59. The van der Waals surface area contributed by atoms with Crippen LogP contribution in [0.15, 0.2) is 98.5 Å². The van der Waals surface area contributed by atoms with Crippen molar-refractivity contribution in [2.75, 3.05) is 46.1 Å². The number of allylic oxidation sites excluding steroid dienone is 5. The van der Waals surface area contributed by atoms with E-state index in [1.165, 1.54) is 19.6 Å². The van der Waals surface area contributed by atoms with Gasteiger partial charge in [0.05, 0.1) is 41.9 Å². The number of hydrogen-bond acceptors (Lipinski definition) is 21. The molecule has 2 aliphatic carbocycles. The molecule has 6 rings (SSSR count). The molecule has 0 heterocycles. The molecule has 0 aliphatic heterocycles. The molecule has 2 aliphatic rings. The van der Waals surface area contributed by atoms with E-state index in [4.69, 9.17) is 0 Å². The molecule has 4 aromatic carbocycles. The first kappa shape index (κ1) is 99.6. The third-order valence-electron chi connectivity index (χ3n) is 16.4. The van der Waals surface area contributed by atoms with Crippen LogP contribution in [0.5, 0.6) is 0 Å². The third kappa shape index (κ3) is 18.2. The van der Waals surface area contributed by atoms with Crippen LogP contribution < -0.4 is 0 Å². The monoisotopic (exact) mass is 1850 g/mol. The lowest BCUT2D eigenvalue weighted by Gasteiger charge is -2.31. The summed E-state index contributed by atoms with van der Waals surface area (Å²) in [6.07, 6.45) is -21.9. The van der Waals surface area contributed by atoms with Crippen LogP contribution in [0.4, 0.5) is 163 Å². The molecule has 0 radical (unpaired) electrons. The van der Waals surface area contributed by atoms with Gasteiger partial charge in [0.1, 0.15) is 46.0 Å². The van der Waals surface area contributed by atoms with E-state index < -0.39 is 306 Å². The Balaban J connectivity index is 0.00000338. The first-order chi connectivity index (χ1) is 53.1. The molecule has 25 nitrogen and oxygen atoms in total. The largest absolute Gasteiger partial charge is 0.380 e. The number of rotatable bonds is 38. The van der Waals surface area contributed by atoms with Crippen LogP contribution in [0.25, 0.3) is 27.8 Å². The molecule has 0 saturated carbocycles. The van der Waals surface area contributed by atoms with Gasteiger partial charge in [-0.1, -0.05) is 51.2 Å². The fraction of sp³-hybridized carbons (Fsp3) is 0.474. The van der Waals surface area contributed by atoms with E-state index >= 15 is 0 Å². The normalized spacial score (nSPS) is 14.9. The second-order valence-electron chi connectivity index (χ2n) is 23.7. The summed E-state index contributed by atoms with van der Waals surface area (Å²) in [5.74, 6) is -87.5. The van der Waals surface area contributed by atoms with E-state index in [9.17, 15) is 215 Å². The quantitative estimate of drug-likeness (QED) is 0.0116. The molecule has 4 aromatic rings. The number of benzene rings is 4. The van der Waals surface area contributed by atoms with Gasteiger partial charge >= 0.3 is 96.8 Å². The first-order valence-corrected chi connectivity index (χ1v) is 36.0. The van der Waals surface area contributed by atoms with Crippen molar-refractivity contribution in [2.45, 2.75) is 143 Å². The van der Waals surface area contributed by atoms with E-state index in [-0.39, 0.29) is 54.6 Å². The number of halogens is 32. The number of nitrogens with zero attached hydrogens (tertiary/aromatic N) is 5. The molecule has 0 spiro atoms. The van der Waals surface area contributed by atoms with Crippen molar-refractivity contribution in [1.29, 1.82) is 0 Å². The minimum absolute atomic E-state index is 0.114. The van der Waals surface area contributed by atoms with E-state index in [1.54, 1.807) is 0 Å². The summed E-state index contributed by atoms with van der Waals surface area (Å²) in [7, 11) is -26.7. The van der Waals surface area contributed by atoms with Gasteiger partial charge in [-0.3, -0.25) is 57.2 Å². The molecular formula is C57H41F32N5O20S4. The standard InChI is InChI=1S/C51H26F32N4O20S4.C6H15N/c52-36(53)44(68,69)48(76,77)40(60,61)14-104-108(96,97)18-6-24-22(25-7-19(11-29(85(90)91)33(25)32(24)28(10-18)84(88)89)109(98,99)105-15-41(62,63)49(78,79)45(70,71)37(54)55)4-2-1-3-5-23-26-8-20(110(100,101)106-16-42(64,65)50(80,81)46(72,73)38(56)57)12-30(86(92)93)34(26)35-27(23)9-21(13-31(35)87(94)95)111(102,103)107-17-43(66,67)51(82,83)47(74,75)39(58)59;1-4-7(5-2)6-3/h1-13,22,36-39H,14-17H2;4-6H2,1-3H3/b3-1-,4-2-;. The van der Waals surface area contributed by atoms with Crippen molar-refractivity contribution in [2.24, 2.45) is 0 Å². The second-order valence-corrected chi connectivity index (χ2v) is 30.2. The number of fused-ring (bicyclic) bond motifs is 6. The van der Waals surface area contributed by atoms with E-state index in [2.05, 4.69) is 42.4 Å². The minimum atomic E-state index is -7.33. The molecular weight excluding hydrogens is 1810 g/mol. The highest BCUT2D eigenvalue weighted by Gasteiger charge is 2.79. The van der Waals surface area contributed by atoms with Crippen LogP contribution in [-0.4, -0.2) is 201 Å². The van der Waals surface area contributed by atoms with Crippen LogP contribution >= 0.6 is 0 Å². The fourth-order valence-electron chi connectivity index (χ4n) is 10.1. The predicted molar refractivity (Wildman–Crippen MR) is 327 cm³/mol. The van der Waals surface area contributed by atoms with E-state index in [1.807, 2.05) is 0 Å². The van der Waals surface area contributed by atoms with Crippen molar-refractivity contribution in [3.05, 3.63) is 142 Å². The molecule has 0 amide bonds. The summed E-state index contributed by atoms with van der Waals surface area (Å²) in [5.41, 5.74) is -21.8. The van der Waals surface area contributed by atoms with Gasteiger partial charge in [-0.05, 0) is 71.7 Å². The van der Waals surface area contributed by atoms with Gasteiger partial charge in [-0.15, -0.1) is 0 Å². The van der Waals surface area contributed by atoms with Gasteiger partial charge < -0.3 is 4.90 Å². The van der Waals surface area contributed by atoms with Crippen LogP contribution in [-0.2, 0) is 57.2 Å². The maximum atomic E-state index is 14.6. The summed E-state index contributed by atoms with van der Waals surface area (Å²) in [5, 5.41) is 50.9. The topological polar surface area (TPSA) is 349 Å². The Morgan fingerprint density at radius 2 is 0.576 bits per heavy atom. The summed E-state index contributed by atoms with van der Waals surface area (Å²) in [4.78, 5) is 37.2. The Kier molecular flexibility index (Phi) is 28.3. The van der Waals surface area contributed by atoms with E-state index in [0.717, 1.165) is 0 Å². The van der Waals surface area contributed by atoms with Crippen LogP contribution in [0.3, 0.4) is 0 Å². The zero-order chi connectivity index (χ0) is 91.6. The van der Waals surface area contributed by atoms with Crippen LogP contribution in [0.1, 0.15) is 48.9 Å². The molecule has 0 bridgehead atoms. The van der Waals surface area contributed by atoms with E-state index in [0.29, 0.717) is 0 Å². The molecule has 662 valence electrons. The van der Waals surface area contributed by atoms with Gasteiger partial charge in [0.2, 0.25) is 0 Å². The van der Waals surface area contributed by atoms with Crippen molar-refractivity contribution in [1.82, 2.24) is 4.90 Å². The predicted octanol–water partition coefficient (Wildman–Crippen LogP) is 16.5. The van der Waals surface area contributed by atoms with Crippen molar-refractivity contribution in [3.8, 4) is 22.3 Å². The number of nitro benzene ring substituents is 4. The van der Waals surface area contributed by atoms with Crippen LogP contribution in [0.2, 0.25) is 0 Å². The average Bonchev–Trinajstić information content (AvgIpc) is 1.60. The van der Waals surface area contributed by atoms with Crippen molar-refractivity contribution >= 4 is 68.8 Å². The third-order valence-corrected chi connectivity index (χ3v) is 21.4. The van der Waals surface area contributed by atoms with Gasteiger partial charge in [0.15, 0.2) is 0 Å². The van der Waals surface area contributed by atoms with Crippen molar-refractivity contribution < 1.29 is 211 Å². The SMILES string of the molecule is CCN(CC)CC.O=[N+]([O-])c1cc(S(=O)(=O)OCC(F)(F)C(F)(F)C(F)(F)C(F)F)cc2c1-c1c(cc(S(=O)(=O)OCC(F)(F)C(F)(F)C(F)(F)C(F)F)cc1[N+](=O)[O-])C2=C/C=C\C=C/C1c2cc(S(=O)(=O)OCC(F)(F)C(F)(F)C(F)(F)C(F)F)cc([N+](=O)[O-])c2-c2c1cc(S(=O)(=O)OCC(F)(F)C(F)(F)C(F)(F)C(F)F)cc2[N+](=O)[O-]. The molecule has 0 saturated heterocycles. The Morgan fingerprint density at radius 1 is 0.356 bits per heavy atom. The Bertz CT molecular complexity index is 4850. The Labute approximate surface area is 635 Å². The molecule has 0 N–H and O–H groups in total. The molecule has 0 fully saturated rings. The Morgan fingerprint density at radius 3 is 0.780 bits per heavy atom. The molecule has 0 atom stereocenters. The van der Waals surface area contributed by atoms with Gasteiger partial charge in [0.25, 0.3) is 63.2 Å². The number of alkyl halides is 32. The summed E-state index contributed by atoms with van der Waals surface area (Å²) < 4.78 is 565. The number of hydrogen-bond donors (Lipinski definition) is 0. The van der Waals surface area contributed by atoms with Crippen molar-refractivity contribution in [3.63, 3.8) is 0 Å². The van der Waals surface area contributed by atoms with Crippen LogP contribution in [0, 0.1) is 40.5 Å². The average molecular weight is 1850 g/mol. The molecule has 0 unspecified atom stereocenters. The lowest BCUT2D eigenvalue weighted by atomic mass is 9.96. The lowest BCUT2D eigenvalue weighted by molar-refractivity contribution is -0.386. The minimum Gasteiger partial charge on any atom is -0.304 e. The molecule has 118 heavy (non-hydrogen) atoms. The highest BCUT2D eigenvalue weighted by molar-refractivity contribution is 7.87. The smallest absolute Gasteiger partial charge is 0.304 e. The maximum Gasteiger partial charge on any atom is 0.380 e. The zero-order valence-electron chi connectivity index (χ0n) is 57.0. The highest BCUT2D eigenvalue weighted by atomic mass is 32.2. The zero-order valence-corrected chi connectivity index (χ0v) is 60.2. The molecule has 61 heteroatoms. The van der Waals surface area contributed by atoms with Gasteiger partial charge in [-0.2, -0.15) is 139 Å². The molecule has 0 aromatic heterocycles. The summed E-state index contributed by atoms with van der Waals surface area (Å²) in [6, 6.07) is -2.86. The first-order valence-electron chi connectivity index (χ1n) is 30.4.